The van der Waals surface area contributed by atoms with Gasteiger partial charge in [-0.2, -0.15) is 5.10 Å². The number of nitro groups is 1. The number of carbonyl (C=O) groups is 3. The lowest BCUT2D eigenvalue weighted by atomic mass is 9.47. The lowest BCUT2D eigenvalue weighted by Gasteiger charge is -2.52. The van der Waals surface area contributed by atoms with Gasteiger partial charge in [-0.3, -0.25) is 24.5 Å². The highest BCUT2D eigenvalue weighted by atomic mass is 16.6. The molecule has 2 atom stereocenters. The number of imide groups is 1. The molecule has 0 saturated carbocycles. The van der Waals surface area contributed by atoms with E-state index in [0.717, 1.165) is 32.7 Å². The average Bonchev–Trinajstić information content (AvgIpc) is 3.31. The second-order valence-electron chi connectivity index (χ2n) is 11.1. The number of nitrogens with zero attached hydrogens (tertiary/aromatic N) is 3. The molecule has 1 heterocycles. The van der Waals surface area contributed by atoms with Crippen molar-refractivity contribution in [1.82, 2.24) is 5.43 Å². The Balaban J connectivity index is 1.34. The second kappa shape index (κ2) is 10.3. The molecule has 0 unspecified atom stereocenters. The van der Waals surface area contributed by atoms with Crippen LogP contribution in [0.1, 0.15) is 33.7 Å². The van der Waals surface area contributed by atoms with Crippen molar-refractivity contribution in [3.05, 3.63) is 135 Å². The quantitative estimate of drug-likeness (QED) is 0.147. The van der Waals surface area contributed by atoms with Gasteiger partial charge in [0.2, 0.25) is 17.7 Å². The van der Waals surface area contributed by atoms with Crippen LogP contribution >= 0.6 is 0 Å². The third-order valence-corrected chi connectivity index (χ3v) is 8.98. The highest BCUT2D eigenvalue weighted by Crippen LogP contribution is 2.63. The van der Waals surface area contributed by atoms with Gasteiger partial charge in [0, 0.05) is 18.2 Å². The van der Waals surface area contributed by atoms with Crippen LogP contribution in [0.4, 0.5) is 11.4 Å². The van der Waals surface area contributed by atoms with Crippen LogP contribution in [0.5, 0.6) is 5.75 Å². The third kappa shape index (κ3) is 3.87. The van der Waals surface area contributed by atoms with Gasteiger partial charge in [-0.15, -0.1) is 0 Å². The molecule has 4 aromatic rings. The molecule has 0 spiro atoms. The zero-order valence-corrected chi connectivity index (χ0v) is 23.5. The Morgan fingerprint density at radius 3 is 2.18 bits per heavy atom. The normalized spacial score (nSPS) is 22.8. The van der Waals surface area contributed by atoms with Gasteiger partial charge in [0.25, 0.3) is 5.69 Å². The Hall–Kier alpha value is -5.64. The Morgan fingerprint density at radius 2 is 1.55 bits per heavy atom. The first-order chi connectivity index (χ1) is 21.4. The fourth-order valence-electron chi connectivity index (χ4n) is 7.27. The fraction of sp³-hybridized carbons (Fsp3) is 0.176. The zero-order valence-electron chi connectivity index (χ0n) is 23.5. The van der Waals surface area contributed by atoms with Crippen molar-refractivity contribution in [2.45, 2.75) is 17.8 Å². The van der Waals surface area contributed by atoms with Gasteiger partial charge in [0.05, 0.1) is 35.7 Å². The second-order valence-corrected chi connectivity index (χ2v) is 11.1. The number of para-hydroxylation sites is 2. The third-order valence-electron chi connectivity index (χ3n) is 8.98. The van der Waals surface area contributed by atoms with Crippen molar-refractivity contribution in [3.8, 4) is 5.75 Å². The summed E-state index contributed by atoms with van der Waals surface area (Å²) in [4.78, 5) is 54.0. The largest absolute Gasteiger partial charge is 0.497 e. The molecule has 1 aliphatic heterocycles. The topological polar surface area (TPSA) is 131 Å². The van der Waals surface area contributed by atoms with E-state index in [1.807, 2.05) is 48.5 Å². The summed E-state index contributed by atoms with van der Waals surface area (Å²) in [5.41, 5.74) is 5.16. The molecule has 2 bridgehead atoms. The van der Waals surface area contributed by atoms with Crippen molar-refractivity contribution in [3.63, 3.8) is 0 Å². The smallest absolute Gasteiger partial charge is 0.293 e. The molecular formula is C34H26N4O6. The summed E-state index contributed by atoms with van der Waals surface area (Å²) in [6, 6.07) is 28.2. The van der Waals surface area contributed by atoms with Crippen molar-refractivity contribution in [2.75, 3.05) is 12.0 Å². The van der Waals surface area contributed by atoms with Gasteiger partial charge in [0.15, 0.2) is 0 Å². The molecule has 0 aromatic heterocycles. The highest BCUT2D eigenvalue weighted by Gasteiger charge is 2.68. The number of nitro benzene ring substituents is 1. The average molecular weight is 587 g/mol. The van der Waals surface area contributed by atoms with Crippen LogP contribution in [-0.2, 0) is 26.2 Å². The number of nitrogens with one attached hydrogen (secondary N) is 1. The number of benzene rings is 4. The molecule has 10 nitrogen and oxygen atoms in total. The molecule has 1 saturated heterocycles. The van der Waals surface area contributed by atoms with Gasteiger partial charge in [-0.25, -0.2) is 10.3 Å². The van der Waals surface area contributed by atoms with Gasteiger partial charge in [-0.05, 0) is 46.0 Å². The summed E-state index contributed by atoms with van der Waals surface area (Å²) in [6.45, 7) is 0. The van der Waals surface area contributed by atoms with Crippen LogP contribution in [0.3, 0.4) is 0 Å². The number of hydrogen-bond donors (Lipinski definition) is 1. The van der Waals surface area contributed by atoms with Crippen LogP contribution in [0.15, 0.2) is 102 Å². The SMILES string of the molecule is COc1ccc(CC(=O)N/N=C\C23c4ccccc4C(c4ccccc42)[C@H]2C(=O)N(c4ccccc4[N+](=O)[O-])C(=O)[C@H]23)cc1. The van der Waals surface area contributed by atoms with Crippen LogP contribution in [0.2, 0.25) is 0 Å². The molecule has 44 heavy (non-hydrogen) atoms. The Kier molecular flexibility index (Phi) is 6.35. The number of hydrogen-bond acceptors (Lipinski definition) is 7. The number of carbonyl (C=O) groups excluding carboxylic acids is 3. The number of methoxy groups -OCH3 is 1. The Bertz CT molecular complexity index is 1840. The first kappa shape index (κ1) is 27.2. The maximum atomic E-state index is 14.5. The molecule has 1 fully saturated rings. The maximum Gasteiger partial charge on any atom is 0.293 e. The van der Waals surface area contributed by atoms with E-state index in [4.69, 9.17) is 4.74 Å². The van der Waals surface area contributed by atoms with E-state index >= 15 is 0 Å². The van der Waals surface area contributed by atoms with Crippen molar-refractivity contribution < 1.29 is 24.0 Å². The molecular weight excluding hydrogens is 560 g/mol. The Labute approximate surface area is 252 Å². The first-order valence-corrected chi connectivity index (χ1v) is 14.1. The summed E-state index contributed by atoms with van der Waals surface area (Å²) in [5, 5.41) is 16.3. The lowest BCUT2D eigenvalue weighted by Crippen LogP contribution is -2.54. The minimum Gasteiger partial charge on any atom is -0.497 e. The molecule has 1 N–H and O–H groups in total. The number of hydrazone groups is 1. The number of rotatable bonds is 7. The van der Waals surface area contributed by atoms with E-state index in [1.165, 1.54) is 18.2 Å². The van der Waals surface area contributed by atoms with Crippen molar-refractivity contribution in [2.24, 2.45) is 16.9 Å². The molecule has 3 aliphatic carbocycles. The van der Waals surface area contributed by atoms with Gasteiger partial charge in [-0.1, -0.05) is 72.8 Å². The summed E-state index contributed by atoms with van der Waals surface area (Å²) in [5.74, 6) is -2.92. The van der Waals surface area contributed by atoms with Crippen LogP contribution in [0, 0.1) is 22.0 Å². The Morgan fingerprint density at radius 1 is 0.932 bits per heavy atom. The van der Waals surface area contributed by atoms with E-state index in [1.54, 1.807) is 43.7 Å². The number of amides is 3. The molecule has 0 radical (unpaired) electrons. The predicted molar refractivity (Wildman–Crippen MR) is 161 cm³/mol. The monoisotopic (exact) mass is 586 g/mol. The molecule has 4 aromatic carbocycles. The molecule has 4 aliphatic rings. The van der Waals surface area contributed by atoms with Crippen LogP contribution in [-0.4, -0.2) is 36.0 Å². The van der Waals surface area contributed by atoms with Crippen LogP contribution in [0.25, 0.3) is 0 Å². The van der Waals surface area contributed by atoms with E-state index in [9.17, 15) is 24.5 Å². The van der Waals surface area contributed by atoms with Gasteiger partial charge < -0.3 is 4.74 Å². The maximum absolute atomic E-state index is 14.5. The van der Waals surface area contributed by atoms with E-state index in [-0.39, 0.29) is 23.7 Å². The van der Waals surface area contributed by atoms with Gasteiger partial charge in [0.1, 0.15) is 11.4 Å². The van der Waals surface area contributed by atoms with E-state index in [0.29, 0.717) is 5.75 Å². The molecule has 8 rings (SSSR count). The molecule has 10 heteroatoms. The lowest BCUT2D eigenvalue weighted by molar-refractivity contribution is -0.384. The van der Waals surface area contributed by atoms with Crippen molar-refractivity contribution in [1.29, 1.82) is 0 Å². The minimum absolute atomic E-state index is 0.0608. The summed E-state index contributed by atoms with van der Waals surface area (Å²) < 4.78 is 5.18. The molecule has 218 valence electrons. The standard InChI is InChI=1S/C34H26N4O6/c1-44-21-16-14-20(15-17-21)18-28(39)36-35-19-34-24-10-4-2-8-22(24)29(23-9-3-5-11-25(23)34)30-31(34)33(41)37(32(30)40)26-12-6-7-13-27(26)38(42)43/h2-17,19,29-31H,18H2,1H3,(H,36,39)/b35-19-/t29?,30-,31+,34?/m1/s1. The number of ether oxygens (including phenoxy) is 1. The van der Waals surface area contributed by atoms with E-state index < -0.39 is 39.9 Å². The first-order valence-electron chi connectivity index (χ1n) is 14.1. The zero-order chi connectivity index (χ0) is 30.6. The predicted octanol–water partition coefficient (Wildman–Crippen LogP) is 4.50. The van der Waals surface area contributed by atoms with Crippen molar-refractivity contribution >= 4 is 35.3 Å². The summed E-state index contributed by atoms with van der Waals surface area (Å²) in [7, 11) is 1.57. The molecule has 3 amide bonds. The highest BCUT2D eigenvalue weighted by molar-refractivity contribution is 6.25. The fourth-order valence-corrected chi connectivity index (χ4v) is 7.27. The van der Waals surface area contributed by atoms with E-state index in [2.05, 4.69) is 10.5 Å². The van der Waals surface area contributed by atoms with Gasteiger partial charge >= 0.3 is 0 Å². The number of anilines is 1. The minimum atomic E-state index is -1.22. The van der Waals surface area contributed by atoms with Crippen LogP contribution < -0.4 is 15.1 Å². The summed E-state index contributed by atoms with van der Waals surface area (Å²) >= 11 is 0. The summed E-state index contributed by atoms with van der Waals surface area (Å²) in [6.07, 6.45) is 1.64.